The lowest BCUT2D eigenvalue weighted by Crippen LogP contribution is -2.43. The van der Waals surface area contributed by atoms with Gasteiger partial charge < -0.3 is 25.2 Å². The van der Waals surface area contributed by atoms with E-state index in [1.54, 1.807) is 36.4 Å². The summed E-state index contributed by atoms with van der Waals surface area (Å²) in [5.41, 5.74) is -0.449. The fourth-order valence-corrected chi connectivity index (χ4v) is 7.64. The van der Waals surface area contributed by atoms with Crippen molar-refractivity contribution in [2.45, 2.75) is 43.6 Å². The lowest BCUT2D eigenvalue weighted by molar-refractivity contribution is -0.170. The van der Waals surface area contributed by atoms with Crippen LogP contribution in [0.1, 0.15) is 44.9 Å². The van der Waals surface area contributed by atoms with E-state index in [4.69, 9.17) is 9.84 Å². The number of fused-ring (bicyclic) bond motifs is 2. The zero-order valence-corrected chi connectivity index (χ0v) is 22.3. The minimum absolute atomic E-state index is 0.0475. The SMILES string of the molecule is CN(CCNC(=O)c1ccc(CO)cc1)[C@H]1[C@H]2CC[C@@H]1[C@H](OC(=O)C(O)(c1cccs1)c1cccs1)C2. The van der Waals surface area contributed by atoms with Gasteiger partial charge in [0.1, 0.15) is 6.10 Å². The Bertz CT molecular complexity index is 1160. The van der Waals surface area contributed by atoms with Crippen molar-refractivity contribution in [1.29, 1.82) is 0 Å². The van der Waals surface area contributed by atoms with Crippen LogP contribution in [0.5, 0.6) is 0 Å². The van der Waals surface area contributed by atoms with Crippen LogP contribution in [0.4, 0.5) is 0 Å². The summed E-state index contributed by atoms with van der Waals surface area (Å²) in [6.45, 7) is 1.15. The highest BCUT2D eigenvalue weighted by atomic mass is 32.1. The smallest absolute Gasteiger partial charge is 0.349 e. The number of likely N-dealkylation sites (N-methyl/N-ethyl adjacent to an activating group) is 1. The van der Waals surface area contributed by atoms with Gasteiger partial charge in [0.25, 0.3) is 5.91 Å². The number of carbonyl (C=O) groups is 2. The second-order valence-electron chi connectivity index (χ2n) is 9.93. The normalized spacial score (nSPS) is 22.9. The molecule has 2 aliphatic carbocycles. The summed E-state index contributed by atoms with van der Waals surface area (Å²) >= 11 is 2.70. The van der Waals surface area contributed by atoms with Gasteiger partial charge in [0.15, 0.2) is 0 Å². The van der Waals surface area contributed by atoms with Gasteiger partial charge in [0.2, 0.25) is 5.60 Å². The van der Waals surface area contributed by atoms with Crippen LogP contribution in [-0.4, -0.2) is 59.3 Å². The lowest BCUT2D eigenvalue weighted by Gasteiger charge is -2.31. The Hall–Kier alpha value is -2.56. The Labute approximate surface area is 224 Å². The number of aliphatic hydroxyl groups excluding tert-OH is 1. The summed E-state index contributed by atoms with van der Waals surface area (Å²) in [5.74, 6) is -0.112. The molecule has 0 unspecified atom stereocenters. The van der Waals surface area contributed by atoms with Crippen molar-refractivity contribution in [2.24, 2.45) is 11.8 Å². The molecule has 3 aromatic rings. The fraction of sp³-hybridized carbons (Fsp3) is 0.429. The van der Waals surface area contributed by atoms with E-state index in [1.165, 1.54) is 22.7 Å². The Morgan fingerprint density at radius 2 is 1.76 bits per heavy atom. The van der Waals surface area contributed by atoms with Gasteiger partial charge in [-0.1, -0.05) is 24.3 Å². The van der Waals surface area contributed by atoms with Crippen LogP contribution in [-0.2, 0) is 21.7 Å². The first-order valence-electron chi connectivity index (χ1n) is 12.6. The zero-order valence-electron chi connectivity index (χ0n) is 20.7. The molecular formula is C28H32N2O5S2. The number of nitrogens with one attached hydrogen (secondary N) is 1. The van der Waals surface area contributed by atoms with Crippen LogP contribution in [0.2, 0.25) is 0 Å². The van der Waals surface area contributed by atoms with Gasteiger partial charge in [-0.15, -0.1) is 22.7 Å². The Kier molecular flexibility index (Phi) is 7.78. The second-order valence-corrected chi connectivity index (χ2v) is 11.8. The molecule has 196 valence electrons. The summed E-state index contributed by atoms with van der Waals surface area (Å²) in [5, 5.41) is 27.4. The molecule has 1 aromatic carbocycles. The van der Waals surface area contributed by atoms with Crippen LogP contribution < -0.4 is 5.32 Å². The van der Waals surface area contributed by atoms with E-state index in [9.17, 15) is 14.7 Å². The largest absolute Gasteiger partial charge is 0.459 e. The van der Waals surface area contributed by atoms with Crippen LogP contribution in [0.15, 0.2) is 59.3 Å². The van der Waals surface area contributed by atoms with E-state index in [1.807, 2.05) is 22.9 Å². The van der Waals surface area contributed by atoms with Crippen LogP contribution in [0, 0.1) is 11.8 Å². The summed E-state index contributed by atoms with van der Waals surface area (Å²) in [4.78, 5) is 29.3. The van der Waals surface area contributed by atoms with Gasteiger partial charge in [-0.25, -0.2) is 4.79 Å². The molecule has 7 nitrogen and oxygen atoms in total. The van der Waals surface area contributed by atoms with E-state index in [0.29, 0.717) is 34.3 Å². The molecule has 5 rings (SSSR count). The highest BCUT2D eigenvalue weighted by Gasteiger charge is 2.53. The number of benzene rings is 1. The molecule has 2 fully saturated rings. The van der Waals surface area contributed by atoms with Gasteiger partial charge in [0, 0.05) is 30.6 Å². The zero-order chi connectivity index (χ0) is 26.0. The lowest BCUT2D eigenvalue weighted by atomic mass is 9.96. The quantitative estimate of drug-likeness (QED) is 0.340. The molecule has 0 aliphatic heterocycles. The molecule has 2 heterocycles. The minimum atomic E-state index is -1.79. The van der Waals surface area contributed by atoms with Gasteiger partial charge >= 0.3 is 5.97 Å². The third kappa shape index (κ3) is 5.11. The molecule has 2 aromatic heterocycles. The molecule has 0 radical (unpaired) electrons. The van der Waals surface area contributed by atoms with E-state index >= 15 is 0 Å². The maximum Gasteiger partial charge on any atom is 0.349 e. The van der Waals surface area contributed by atoms with Crippen LogP contribution in [0.3, 0.4) is 0 Å². The number of carbonyl (C=O) groups excluding carboxylic acids is 2. The fourth-order valence-electron chi connectivity index (χ4n) is 5.93. The van der Waals surface area contributed by atoms with Crippen molar-refractivity contribution in [3.8, 4) is 0 Å². The molecule has 3 N–H and O–H groups in total. The average Bonchev–Trinajstić information content (AvgIpc) is 3.73. The van der Waals surface area contributed by atoms with Gasteiger partial charge in [-0.05, 0) is 72.8 Å². The summed E-state index contributed by atoms with van der Waals surface area (Å²) in [6.07, 6.45) is 2.64. The maximum atomic E-state index is 13.5. The minimum Gasteiger partial charge on any atom is -0.459 e. The first-order chi connectivity index (χ1) is 17.9. The monoisotopic (exact) mass is 540 g/mol. The first-order valence-corrected chi connectivity index (χ1v) is 14.4. The highest BCUT2D eigenvalue weighted by Crippen LogP contribution is 2.49. The molecule has 0 spiro atoms. The number of ether oxygens (including phenoxy) is 1. The number of nitrogens with zero attached hydrogens (tertiary/aromatic N) is 1. The molecule has 9 heteroatoms. The van der Waals surface area contributed by atoms with Crippen molar-refractivity contribution < 1.29 is 24.5 Å². The molecular weight excluding hydrogens is 508 g/mol. The van der Waals surface area contributed by atoms with Crippen molar-refractivity contribution in [3.05, 3.63) is 80.2 Å². The standard InChI is InChI=1S/C28H32N2O5S2/c1-30(13-12-29-26(32)19-8-6-18(17-31)7-9-19)25-20-10-11-21(25)22(16-20)35-27(33)28(34,23-4-2-14-36-23)24-5-3-15-37-24/h2-9,14-15,20-22,25,31,34H,10-13,16-17H2,1H3,(H,29,32)/t20-,21+,22+,25-/m0/s1. The number of thiophene rings is 2. The van der Waals surface area contributed by atoms with E-state index in [-0.39, 0.29) is 30.6 Å². The Morgan fingerprint density at radius 3 is 2.35 bits per heavy atom. The van der Waals surface area contributed by atoms with Crippen LogP contribution >= 0.6 is 22.7 Å². The van der Waals surface area contributed by atoms with Gasteiger partial charge in [-0.2, -0.15) is 0 Å². The molecule has 2 saturated carbocycles. The Balaban J connectivity index is 1.19. The summed E-state index contributed by atoms with van der Waals surface area (Å²) < 4.78 is 6.07. The molecule has 0 saturated heterocycles. The third-order valence-corrected chi connectivity index (χ3v) is 9.73. The van der Waals surface area contributed by atoms with Crippen molar-refractivity contribution >= 4 is 34.6 Å². The predicted molar refractivity (Wildman–Crippen MR) is 143 cm³/mol. The van der Waals surface area contributed by atoms with Crippen molar-refractivity contribution in [2.75, 3.05) is 20.1 Å². The number of hydrogen-bond donors (Lipinski definition) is 3. The summed E-state index contributed by atoms with van der Waals surface area (Å²) in [7, 11) is 2.07. The maximum absolute atomic E-state index is 13.5. The molecule has 2 aliphatic rings. The van der Waals surface area contributed by atoms with Gasteiger partial charge in [-0.3, -0.25) is 4.79 Å². The Morgan fingerprint density at radius 1 is 1.08 bits per heavy atom. The predicted octanol–water partition coefficient (Wildman–Crippen LogP) is 3.61. The number of rotatable bonds is 10. The molecule has 1 amide bonds. The van der Waals surface area contributed by atoms with Crippen molar-refractivity contribution in [1.82, 2.24) is 10.2 Å². The number of hydrogen-bond acceptors (Lipinski definition) is 8. The van der Waals surface area contributed by atoms with Crippen molar-refractivity contribution in [3.63, 3.8) is 0 Å². The second kappa shape index (κ2) is 11.0. The molecule has 2 bridgehead atoms. The van der Waals surface area contributed by atoms with E-state index < -0.39 is 11.6 Å². The average molecular weight is 541 g/mol. The topological polar surface area (TPSA) is 99.1 Å². The first kappa shape index (κ1) is 26.1. The number of aliphatic hydroxyl groups is 2. The summed E-state index contributed by atoms with van der Waals surface area (Å²) in [6, 6.07) is 14.4. The highest BCUT2D eigenvalue weighted by molar-refractivity contribution is 7.12. The van der Waals surface area contributed by atoms with E-state index in [0.717, 1.165) is 24.8 Å². The third-order valence-electron chi connectivity index (χ3n) is 7.77. The van der Waals surface area contributed by atoms with E-state index in [2.05, 4.69) is 17.3 Å². The van der Waals surface area contributed by atoms with Gasteiger partial charge in [0.05, 0.1) is 16.4 Å². The van der Waals surface area contributed by atoms with Crippen LogP contribution in [0.25, 0.3) is 0 Å². The number of esters is 1. The molecule has 4 atom stereocenters. The number of amides is 1. The molecule has 37 heavy (non-hydrogen) atoms.